The summed E-state index contributed by atoms with van der Waals surface area (Å²) in [6.45, 7) is 4.63. The fourth-order valence-electron chi connectivity index (χ4n) is 7.62. The van der Waals surface area contributed by atoms with Gasteiger partial charge in [-0.3, -0.25) is 9.59 Å². The van der Waals surface area contributed by atoms with E-state index in [2.05, 4.69) is 53.5 Å². The zero-order chi connectivity index (χ0) is 31.9. The number of amides is 2. The highest BCUT2D eigenvalue weighted by molar-refractivity contribution is 7.91. The Morgan fingerprint density at radius 3 is 2.46 bits per heavy atom. The Hall–Kier alpha value is -3.54. The zero-order valence-electron chi connectivity index (χ0n) is 25.9. The summed E-state index contributed by atoms with van der Waals surface area (Å²) in [7, 11) is -3.68. The monoisotopic (exact) mass is 672 g/mol. The molecule has 0 saturated heterocycles. The number of primary amides is 1. The average molecular weight is 673 g/mol. The molecule has 8 nitrogen and oxygen atoms in total. The smallest absolute Gasteiger partial charge is 0.274 e. The van der Waals surface area contributed by atoms with Crippen molar-refractivity contribution in [1.29, 1.82) is 0 Å². The third-order valence-electron chi connectivity index (χ3n) is 10.0. The van der Waals surface area contributed by atoms with Crippen molar-refractivity contribution in [3.8, 4) is 22.5 Å². The van der Waals surface area contributed by atoms with E-state index in [4.69, 9.17) is 10.7 Å². The third kappa shape index (κ3) is 4.98. The molecule has 4 aromatic heterocycles. The van der Waals surface area contributed by atoms with Gasteiger partial charge in [0.1, 0.15) is 0 Å². The van der Waals surface area contributed by atoms with Gasteiger partial charge in [-0.2, -0.15) is 0 Å². The molecule has 46 heavy (non-hydrogen) atoms. The molecule has 2 amide bonds. The molecule has 0 spiro atoms. The van der Waals surface area contributed by atoms with Crippen LogP contribution in [0, 0.1) is 19.8 Å². The summed E-state index contributed by atoms with van der Waals surface area (Å²) in [5.74, 6) is -1.11. The summed E-state index contributed by atoms with van der Waals surface area (Å²) >= 11 is 3.13. The molecule has 238 valence electrons. The number of aromatic nitrogens is 2. The van der Waals surface area contributed by atoms with Crippen molar-refractivity contribution in [3.63, 3.8) is 0 Å². The van der Waals surface area contributed by atoms with Crippen LogP contribution in [-0.2, 0) is 27.8 Å². The predicted molar refractivity (Wildman–Crippen MR) is 185 cm³/mol. The molecule has 2 fully saturated rings. The molecule has 0 bridgehead atoms. The number of sulfonamides is 1. The molecule has 2 saturated carbocycles. The minimum absolute atomic E-state index is 0.302. The van der Waals surface area contributed by atoms with Gasteiger partial charge in [0, 0.05) is 32.8 Å². The van der Waals surface area contributed by atoms with Gasteiger partial charge >= 0.3 is 0 Å². The largest absolute Gasteiger partial charge is 0.369 e. The van der Waals surface area contributed by atoms with E-state index in [1.165, 1.54) is 33.1 Å². The van der Waals surface area contributed by atoms with Crippen LogP contribution in [0.2, 0.25) is 0 Å². The molecule has 3 aliphatic rings. The summed E-state index contributed by atoms with van der Waals surface area (Å²) < 4.78 is 30.7. The van der Waals surface area contributed by atoms with Crippen molar-refractivity contribution in [2.24, 2.45) is 11.7 Å². The molecule has 11 heteroatoms. The molecular formula is C35H36N4O4S3. The number of aryl methyl sites for hydroxylation is 2. The molecule has 5 aromatic rings. The van der Waals surface area contributed by atoms with E-state index < -0.39 is 27.1 Å². The van der Waals surface area contributed by atoms with E-state index in [9.17, 15) is 18.0 Å². The lowest BCUT2D eigenvalue weighted by Crippen LogP contribution is -2.32. The van der Waals surface area contributed by atoms with Crippen LogP contribution in [0.15, 0.2) is 36.4 Å². The van der Waals surface area contributed by atoms with E-state index in [1.807, 2.05) is 6.07 Å². The Bertz CT molecular complexity index is 2180. The van der Waals surface area contributed by atoms with E-state index in [1.54, 1.807) is 11.3 Å². The maximum absolute atomic E-state index is 13.3. The van der Waals surface area contributed by atoms with Gasteiger partial charge in [0.2, 0.25) is 15.9 Å². The SMILES string of the molecule is Cc1cc(-c2ccc3c4c(ccc3n2)-c2c(C3CCCCC3)c3sc(C(=O)NS(=O)(=O)C5CC5)cc3n2CC(C(N)=O)C4)c(C)s1. The Morgan fingerprint density at radius 2 is 1.76 bits per heavy atom. The van der Waals surface area contributed by atoms with Crippen LogP contribution in [0.25, 0.3) is 43.6 Å². The van der Waals surface area contributed by atoms with Crippen LogP contribution < -0.4 is 10.5 Å². The lowest BCUT2D eigenvalue weighted by atomic mass is 9.82. The predicted octanol–water partition coefficient (Wildman–Crippen LogP) is 7.19. The number of hydrogen-bond donors (Lipinski definition) is 2. The number of nitrogens with two attached hydrogens (primary N) is 1. The van der Waals surface area contributed by atoms with Gasteiger partial charge in [0.05, 0.1) is 43.2 Å². The number of carbonyl (C=O) groups excluding carboxylic acids is 2. The molecule has 1 atom stereocenters. The summed E-state index contributed by atoms with van der Waals surface area (Å²) in [5.41, 5.74) is 14.4. The number of nitrogens with zero attached hydrogens (tertiary/aromatic N) is 2. The van der Waals surface area contributed by atoms with E-state index in [0.717, 1.165) is 74.9 Å². The second kappa shape index (κ2) is 11.0. The van der Waals surface area contributed by atoms with Crippen LogP contribution in [0.4, 0.5) is 0 Å². The topological polar surface area (TPSA) is 124 Å². The van der Waals surface area contributed by atoms with Crippen molar-refractivity contribution in [2.75, 3.05) is 0 Å². The van der Waals surface area contributed by atoms with Crippen molar-refractivity contribution in [2.45, 2.75) is 82.9 Å². The molecule has 1 aromatic carbocycles. The Balaban J connectivity index is 1.32. The number of hydrogen-bond acceptors (Lipinski definition) is 7. The summed E-state index contributed by atoms with van der Waals surface area (Å²) in [6.07, 6.45) is 7.24. The van der Waals surface area contributed by atoms with Crippen LogP contribution in [0.5, 0.6) is 0 Å². The summed E-state index contributed by atoms with van der Waals surface area (Å²) in [4.78, 5) is 34.2. The fourth-order valence-corrected chi connectivity index (χ4v) is 11.1. The number of carbonyl (C=O) groups is 2. The van der Waals surface area contributed by atoms with Gasteiger partial charge in [-0.15, -0.1) is 22.7 Å². The Morgan fingerprint density at radius 1 is 0.978 bits per heavy atom. The lowest BCUT2D eigenvalue weighted by Gasteiger charge is -2.24. The first-order valence-electron chi connectivity index (χ1n) is 16.1. The van der Waals surface area contributed by atoms with Crippen LogP contribution in [0.3, 0.4) is 0 Å². The standard InChI is InChI=1S/C35H36N4O4S3/c1-18-14-25(19(2)44-18)28-12-10-23-26-15-21(34(36)40)17-39-29-16-30(35(41)38-46(42,43)22-8-9-22)45-33(29)31(20-6-4-3-5-7-20)32(39)24(26)11-13-27(23)37-28/h10-14,16,20-22H,3-9,15,17H2,1-2H3,(H2,36,40)(H,38,41). The minimum atomic E-state index is -3.68. The molecular weight excluding hydrogens is 637 g/mol. The highest BCUT2D eigenvalue weighted by Crippen LogP contribution is 2.50. The lowest BCUT2D eigenvalue weighted by molar-refractivity contribution is -0.122. The maximum Gasteiger partial charge on any atom is 0.274 e. The van der Waals surface area contributed by atoms with E-state index in [0.29, 0.717) is 36.6 Å². The van der Waals surface area contributed by atoms with Gasteiger partial charge in [-0.25, -0.2) is 18.1 Å². The maximum atomic E-state index is 13.3. The van der Waals surface area contributed by atoms with Crippen molar-refractivity contribution >= 4 is 65.6 Å². The highest BCUT2D eigenvalue weighted by Gasteiger charge is 2.38. The molecule has 5 heterocycles. The van der Waals surface area contributed by atoms with Crippen LogP contribution >= 0.6 is 22.7 Å². The molecule has 1 aliphatic heterocycles. The molecule has 8 rings (SSSR count). The van der Waals surface area contributed by atoms with Gasteiger partial charge in [-0.05, 0) is 87.3 Å². The highest BCUT2D eigenvalue weighted by atomic mass is 32.2. The fraction of sp³-hybridized carbons (Fsp3) is 0.400. The molecule has 2 aliphatic carbocycles. The Labute approximate surface area is 276 Å². The second-order valence-corrected chi connectivity index (χ2v) is 17.7. The zero-order valence-corrected chi connectivity index (χ0v) is 28.3. The van der Waals surface area contributed by atoms with Crippen molar-refractivity contribution in [3.05, 3.63) is 62.2 Å². The number of benzene rings is 1. The first kappa shape index (κ1) is 29.8. The van der Waals surface area contributed by atoms with E-state index in [-0.39, 0.29) is 5.91 Å². The first-order valence-corrected chi connectivity index (χ1v) is 19.3. The van der Waals surface area contributed by atoms with E-state index >= 15 is 0 Å². The van der Waals surface area contributed by atoms with Crippen molar-refractivity contribution in [1.82, 2.24) is 14.3 Å². The normalized spacial score (nSPS) is 18.8. The summed E-state index contributed by atoms with van der Waals surface area (Å²) in [5, 5.41) is 0.541. The third-order valence-corrected chi connectivity index (χ3v) is 14.0. The molecule has 3 N–H and O–H groups in total. The number of rotatable bonds is 6. The van der Waals surface area contributed by atoms with Crippen LogP contribution in [-0.4, -0.2) is 35.0 Å². The summed E-state index contributed by atoms with van der Waals surface area (Å²) in [6, 6.07) is 12.5. The number of nitrogens with one attached hydrogen (secondary N) is 1. The van der Waals surface area contributed by atoms with Gasteiger partial charge in [-0.1, -0.05) is 31.4 Å². The number of thiophene rings is 2. The van der Waals surface area contributed by atoms with Crippen LogP contribution in [0.1, 0.15) is 81.4 Å². The average Bonchev–Trinajstić information content (AvgIpc) is 3.68. The first-order chi connectivity index (χ1) is 22.1. The number of fused-ring (bicyclic) bond motifs is 7. The minimum Gasteiger partial charge on any atom is -0.369 e. The Kier molecular flexibility index (Phi) is 7.15. The second-order valence-electron chi connectivity index (χ2n) is 13.2. The van der Waals surface area contributed by atoms with Crippen molar-refractivity contribution < 1.29 is 18.0 Å². The number of pyridine rings is 1. The van der Waals surface area contributed by atoms with Gasteiger partial charge in [0.15, 0.2) is 0 Å². The molecule has 0 radical (unpaired) electrons. The van der Waals surface area contributed by atoms with Gasteiger partial charge in [0.25, 0.3) is 5.91 Å². The molecule has 1 unspecified atom stereocenters. The van der Waals surface area contributed by atoms with Gasteiger partial charge < -0.3 is 10.3 Å². The quantitative estimate of drug-likeness (QED) is 0.198.